The molecule has 1 amide bonds. The molecular formula is C38H41N3O5S. The number of hydrogen-bond acceptors (Lipinski definition) is 8. The summed E-state index contributed by atoms with van der Waals surface area (Å²) in [5, 5.41) is 15.4. The van der Waals surface area contributed by atoms with E-state index in [9.17, 15) is 14.7 Å². The van der Waals surface area contributed by atoms with Crippen molar-refractivity contribution in [2.24, 2.45) is 5.92 Å². The number of benzene rings is 3. The summed E-state index contributed by atoms with van der Waals surface area (Å²) in [5.74, 6) is 1.33. The molecule has 5 aromatic rings. The third kappa shape index (κ3) is 5.73. The topological polar surface area (TPSA) is 95.2 Å². The first-order chi connectivity index (χ1) is 23.0. The standard InChI is InChI=1S/C38H41N3O5S/c42-20-4-6-25-5-3-16-41(17-13-25)38(14-15-38)37(44)39-26-11-12-33-31(23-26)29-9-2-8-28(36(29)47-33)27-7-1-10-30-32(43)24-34(46-35(27)30)40-18-21-45-22-19-40/h1-2,7-12,23-25,42H,3-6,13-22H2,(H,39,44). The van der Waals surface area contributed by atoms with E-state index in [1.54, 1.807) is 17.4 Å². The van der Waals surface area contributed by atoms with Crippen LogP contribution < -0.4 is 15.6 Å². The molecule has 3 aromatic carbocycles. The fourth-order valence-electron chi connectivity index (χ4n) is 7.72. The molecule has 2 saturated heterocycles. The van der Waals surface area contributed by atoms with Crippen LogP contribution in [0.25, 0.3) is 42.3 Å². The van der Waals surface area contributed by atoms with Crippen molar-refractivity contribution < 1.29 is 19.1 Å². The van der Waals surface area contributed by atoms with Crippen LogP contribution >= 0.6 is 11.3 Å². The van der Waals surface area contributed by atoms with Gasteiger partial charge in [0.15, 0.2) is 11.3 Å². The second-order valence-electron chi connectivity index (χ2n) is 13.4. The second-order valence-corrected chi connectivity index (χ2v) is 14.4. The van der Waals surface area contributed by atoms with E-state index in [1.807, 2.05) is 24.3 Å². The lowest BCUT2D eigenvalue weighted by Crippen LogP contribution is -2.47. The molecule has 0 radical (unpaired) electrons. The molecule has 244 valence electrons. The molecule has 4 heterocycles. The van der Waals surface area contributed by atoms with Gasteiger partial charge in [-0.05, 0) is 88.2 Å². The smallest absolute Gasteiger partial charge is 0.244 e. The first kappa shape index (κ1) is 30.6. The van der Waals surface area contributed by atoms with Crippen molar-refractivity contribution in [3.63, 3.8) is 0 Å². The molecule has 3 aliphatic rings. The summed E-state index contributed by atoms with van der Waals surface area (Å²) in [6.07, 6.45) is 7.13. The molecule has 8 rings (SSSR count). The lowest BCUT2D eigenvalue weighted by molar-refractivity contribution is -0.122. The summed E-state index contributed by atoms with van der Waals surface area (Å²) in [7, 11) is 0. The third-order valence-corrected chi connectivity index (χ3v) is 11.7. The number of thiophene rings is 1. The largest absolute Gasteiger partial charge is 0.440 e. The van der Waals surface area contributed by atoms with Gasteiger partial charge in [0, 0.05) is 62.7 Å². The van der Waals surface area contributed by atoms with Crippen LogP contribution in [0.5, 0.6) is 0 Å². The van der Waals surface area contributed by atoms with Gasteiger partial charge in [0.05, 0.1) is 18.6 Å². The van der Waals surface area contributed by atoms with E-state index >= 15 is 0 Å². The van der Waals surface area contributed by atoms with Crippen molar-refractivity contribution >= 4 is 60.0 Å². The van der Waals surface area contributed by atoms with Gasteiger partial charge in [-0.15, -0.1) is 11.3 Å². The Kier molecular flexibility index (Phi) is 8.25. The number of carbonyl (C=O) groups is 1. The number of carbonyl (C=O) groups excluding carboxylic acids is 1. The molecular weight excluding hydrogens is 611 g/mol. The first-order valence-corrected chi connectivity index (χ1v) is 17.9. The minimum Gasteiger partial charge on any atom is -0.440 e. The van der Waals surface area contributed by atoms with Gasteiger partial charge in [0.1, 0.15) is 11.1 Å². The Morgan fingerprint density at radius 3 is 2.55 bits per heavy atom. The molecule has 0 bridgehead atoms. The summed E-state index contributed by atoms with van der Waals surface area (Å²) in [5.41, 5.74) is 2.89. The molecule has 9 heteroatoms. The maximum absolute atomic E-state index is 13.8. The molecule has 1 atom stereocenters. The highest BCUT2D eigenvalue weighted by Crippen LogP contribution is 2.46. The summed E-state index contributed by atoms with van der Waals surface area (Å²) >= 11 is 1.72. The Balaban J connectivity index is 1.09. The van der Waals surface area contributed by atoms with Crippen molar-refractivity contribution in [1.29, 1.82) is 0 Å². The van der Waals surface area contributed by atoms with Crippen molar-refractivity contribution in [1.82, 2.24) is 4.90 Å². The van der Waals surface area contributed by atoms with Gasteiger partial charge in [-0.2, -0.15) is 0 Å². The van der Waals surface area contributed by atoms with E-state index in [4.69, 9.17) is 9.15 Å². The number of anilines is 2. The van der Waals surface area contributed by atoms with Crippen LogP contribution in [0.4, 0.5) is 11.6 Å². The average Bonchev–Trinajstić information content (AvgIpc) is 3.87. The number of ether oxygens (including phenoxy) is 1. The van der Waals surface area contributed by atoms with Crippen LogP contribution in [-0.2, 0) is 9.53 Å². The van der Waals surface area contributed by atoms with Crippen LogP contribution in [-0.4, -0.2) is 67.5 Å². The Morgan fingerprint density at radius 1 is 0.936 bits per heavy atom. The predicted octanol–water partition coefficient (Wildman–Crippen LogP) is 7.01. The number of nitrogens with one attached hydrogen (secondary N) is 1. The van der Waals surface area contributed by atoms with Gasteiger partial charge in [0.2, 0.25) is 5.91 Å². The lowest BCUT2D eigenvalue weighted by atomic mass is 9.95. The van der Waals surface area contributed by atoms with E-state index in [0.29, 0.717) is 49.1 Å². The minimum atomic E-state index is -0.400. The van der Waals surface area contributed by atoms with E-state index in [-0.39, 0.29) is 17.9 Å². The highest BCUT2D eigenvalue weighted by atomic mass is 32.1. The molecule has 47 heavy (non-hydrogen) atoms. The zero-order valence-corrected chi connectivity index (χ0v) is 27.4. The fourth-order valence-corrected chi connectivity index (χ4v) is 8.93. The number of likely N-dealkylation sites (tertiary alicyclic amines) is 1. The van der Waals surface area contributed by atoms with Crippen molar-refractivity contribution in [3.8, 4) is 11.1 Å². The van der Waals surface area contributed by atoms with Gasteiger partial charge in [-0.3, -0.25) is 14.5 Å². The zero-order valence-electron chi connectivity index (χ0n) is 26.6. The average molecular weight is 652 g/mol. The summed E-state index contributed by atoms with van der Waals surface area (Å²) in [4.78, 5) is 31.5. The fraction of sp³-hybridized carbons (Fsp3) is 0.421. The van der Waals surface area contributed by atoms with Crippen LogP contribution in [0.3, 0.4) is 0 Å². The zero-order chi connectivity index (χ0) is 32.0. The number of amides is 1. The number of rotatable bonds is 8. The number of morpholine rings is 1. The Labute approximate surface area is 277 Å². The van der Waals surface area contributed by atoms with Crippen LogP contribution in [0.1, 0.15) is 44.9 Å². The molecule has 2 aromatic heterocycles. The minimum absolute atomic E-state index is 0.0476. The van der Waals surface area contributed by atoms with Gasteiger partial charge in [0.25, 0.3) is 0 Å². The van der Waals surface area contributed by atoms with E-state index in [0.717, 1.165) is 88.6 Å². The van der Waals surface area contributed by atoms with Gasteiger partial charge >= 0.3 is 0 Å². The van der Waals surface area contributed by atoms with Crippen LogP contribution in [0.15, 0.2) is 69.9 Å². The number of aliphatic hydroxyl groups is 1. The third-order valence-electron chi connectivity index (χ3n) is 10.5. The molecule has 1 unspecified atom stereocenters. The molecule has 1 saturated carbocycles. The predicted molar refractivity (Wildman–Crippen MR) is 190 cm³/mol. The van der Waals surface area contributed by atoms with Crippen molar-refractivity contribution in [2.75, 3.05) is 56.2 Å². The van der Waals surface area contributed by atoms with Gasteiger partial charge in [-0.25, -0.2) is 0 Å². The van der Waals surface area contributed by atoms with Crippen LogP contribution in [0.2, 0.25) is 0 Å². The Hall–Kier alpha value is -3.76. The summed E-state index contributed by atoms with van der Waals surface area (Å²) < 4.78 is 14.3. The van der Waals surface area contributed by atoms with Gasteiger partial charge in [-0.1, -0.05) is 30.3 Å². The maximum Gasteiger partial charge on any atom is 0.244 e. The summed E-state index contributed by atoms with van der Waals surface area (Å²) in [6, 6.07) is 19.9. The van der Waals surface area contributed by atoms with Gasteiger partial charge < -0.3 is 24.5 Å². The second kappa shape index (κ2) is 12.7. The molecule has 3 fully saturated rings. The van der Waals surface area contributed by atoms with Crippen LogP contribution in [0, 0.1) is 5.92 Å². The normalized spacial score (nSPS) is 20.1. The van der Waals surface area contributed by atoms with E-state index < -0.39 is 5.54 Å². The number of nitrogens with zero attached hydrogens (tertiary/aromatic N) is 2. The lowest BCUT2D eigenvalue weighted by Gasteiger charge is -2.30. The molecule has 8 nitrogen and oxygen atoms in total. The number of hydrogen-bond donors (Lipinski definition) is 2. The first-order valence-electron chi connectivity index (χ1n) is 17.1. The monoisotopic (exact) mass is 651 g/mol. The van der Waals surface area contributed by atoms with E-state index in [1.165, 1.54) is 6.42 Å². The highest BCUT2D eigenvalue weighted by Gasteiger charge is 2.54. The SMILES string of the molecule is O=C(Nc1ccc2sc3c(-c4cccc5c(=O)cc(N6CCOCC6)oc45)cccc3c2c1)C1(N2CCCC(CCCO)CC2)CC1. The molecule has 2 N–H and O–H groups in total. The Morgan fingerprint density at radius 2 is 1.74 bits per heavy atom. The number of aliphatic hydroxyl groups excluding tert-OH is 1. The van der Waals surface area contributed by atoms with Crippen molar-refractivity contribution in [3.05, 3.63) is 70.9 Å². The number of fused-ring (bicyclic) bond motifs is 4. The molecule has 1 aliphatic carbocycles. The quantitative estimate of drug-likeness (QED) is 0.186. The highest BCUT2D eigenvalue weighted by molar-refractivity contribution is 7.26. The van der Waals surface area contributed by atoms with Crippen molar-refractivity contribution in [2.45, 2.75) is 50.5 Å². The Bertz CT molecular complexity index is 2010. The molecule has 0 spiro atoms. The molecule has 2 aliphatic heterocycles. The number of para-hydroxylation sites is 1. The van der Waals surface area contributed by atoms with E-state index in [2.05, 4.69) is 45.4 Å². The maximum atomic E-state index is 13.8. The summed E-state index contributed by atoms with van der Waals surface area (Å²) in [6.45, 7) is 4.76.